The zero-order valence-corrected chi connectivity index (χ0v) is 22.6. The molecular weight excluding hydrogens is 482 g/mol. The van der Waals surface area contributed by atoms with Gasteiger partial charge in [0.05, 0.1) is 31.2 Å². The van der Waals surface area contributed by atoms with E-state index in [2.05, 4.69) is 15.6 Å². The third-order valence-electron chi connectivity index (χ3n) is 6.13. The highest BCUT2D eigenvalue weighted by atomic mass is 16.5. The summed E-state index contributed by atoms with van der Waals surface area (Å²) in [7, 11) is 1.58. The Morgan fingerprint density at radius 3 is 2.26 bits per heavy atom. The number of nitrogens with one attached hydrogen (secondary N) is 2. The number of carbonyl (C=O) groups is 1. The van der Waals surface area contributed by atoms with Gasteiger partial charge in [-0.1, -0.05) is 60.7 Å². The summed E-state index contributed by atoms with van der Waals surface area (Å²) < 4.78 is 11.0. The molecule has 3 atom stereocenters. The lowest BCUT2D eigenvalue weighted by atomic mass is 9.93. The lowest BCUT2D eigenvalue weighted by molar-refractivity contribution is -0.0261. The summed E-state index contributed by atoms with van der Waals surface area (Å²) in [5.41, 5.74) is 3.42. The number of hydrogen-bond donors (Lipinski definition) is 4. The summed E-state index contributed by atoms with van der Waals surface area (Å²) in [5.74, 6) is 0.540. The van der Waals surface area contributed by atoms with E-state index in [1.807, 2.05) is 87.5 Å². The molecule has 2 aromatic carbocycles. The number of aliphatic hydroxyl groups is 1. The van der Waals surface area contributed by atoms with Crippen molar-refractivity contribution in [2.45, 2.75) is 63.8 Å². The molecule has 0 spiro atoms. The number of aromatic nitrogens is 1. The molecule has 0 aliphatic rings. The lowest BCUT2D eigenvalue weighted by Gasteiger charge is -2.29. The summed E-state index contributed by atoms with van der Waals surface area (Å²) in [6.07, 6.45) is -0.673. The normalized spacial score (nSPS) is 13.9. The van der Waals surface area contributed by atoms with Gasteiger partial charge in [0.2, 0.25) is 5.88 Å². The fourth-order valence-electron chi connectivity index (χ4n) is 4.19. The number of aliphatic hydroxyl groups excluding tert-OH is 1. The highest BCUT2D eigenvalue weighted by Crippen LogP contribution is 2.21. The van der Waals surface area contributed by atoms with Gasteiger partial charge >= 0.3 is 6.09 Å². The SMILES string of the molecule is COc1cccc(-c2ccc(C[C@@H](C[C@H](O)[C@H](Cc3ccccc3)NCOC(C)(C)C)NC(=O)O)cc2)n1. The Morgan fingerprint density at radius 1 is 0.947 bits per heavy atom. The molecule has 1 aromatic heterocycles. The first-order chi connectivity index (χ1) is 18.1. The summed E-state index contributed by atoms with van der Waals surface area (Å²) in [6.45, 7) is 6.19. The second-order valence-electron chi connectivity index (χ2n) is 10.3. The molecule has 1 heterocycles. The molecular formula is C30H39N3O5. The Bertz CT molecular complexity index is 1130. The van der Waals surface area contributed by atoms with Crippen LogP contribution in [0.5, 0.6) is 5.88 Å². The van der Waals surface area contributed by atoms with Gasteiger partial charge in [0.15, 0.2) is 0 Å². The minimum absolute atomic E-state index is 0.242. The van der Waals surface area contributed by atoms with Crippen LogP contribution < -0.4 is 15.4 Å². The van der Waals surface area contributed by atoms with Gasteiger partial charge in [0, 0.05) is 23.7 Å². The molecule has 4 N–H and O–H groups in total. The van der Waals surface area contributed by atoms with E-state index in [4.69, 9.17) is 9.47 Å². The Kier molecular flexibility index (Phi) is 10.6. The van der Waals surface area contributed by atoms with Crippen molar-refractivity contribution in [1.82, 2.24) is 15.6 Å². The van der Waals surface area contributed by atoms with Gasteiger partial charge in [-0.15, -0.1) is 0 Å². The minimum atomic E-state index is -1.12. The number of carboxylic acid groups (broad SMARTS) is 1. The molecule has 0 saturated carbocycles. The number of nitrogens with zero attached hydrogens (tertiary/aromatic N) is 1. The van der Waals surface area contributed by atoms with E-state index in [1.54, 1.807) is 13.2 Å². The van der Waals surface area contributed by atoms with Gasteiger partial charge in [0.25, 0.3) is 0 Å². The van der Waals surface area contributed by atoms with Crippen LogP contribution in [0, 0.1) is 0 Å². The molecule has 0 bridgehead atoms. The van der Waals surface area contributed by atoms with E-state index in [1.165, 1.54) is 0 Å². The summed E-state index contributed by atoms with van der Waals surface area (Å²) in [6, 6.07) is 22.5. The zero-order valence-electron chi connectivity index (χ0n) is 22.6. The van der Waals surface area contributed by atoms with Crippen LogP contribution in [0.2, 0.25) is 0 Å². The predicted octanol–water partition coefficient (Wildman–Crippen LogP) is 4.66. The molecule has 3 rings (SSSR count). The van der Waals surface area contributed by atoms with Crippen molar-refractivity contribution in [2.75, 3.05) is 13.8 Å². The molecule has 38 heavy (non-hydrogen) atoms. The standard InChI is InChI=1S/C30H39N3O5/c1-30(2,3)38-20-31-26(18-21-9-6-5-7-10-21)27(34)19-24(32-29(35)36)17-22-13-15-23(16-14-22)25-11-8-12-28(33-25)37-4/h5-16,24,26-27,31-32,34H,17-20H2,1-4H3,(H,35,36)/t24-,26-,27-/m0/s1. The fourth-order valence-corrected chi connectivity index (χ4v) is 4.19. The molecule has 0 fully saturated rings. The molecule has 0 aliphatic carbocycles. The number of ether oxygens (including phenoxy) is 2. The molecule has 204 valence electrons. The van der Waals surface area contributed by atoms with Crippen molar-refractivity contribution in [3.63, 3.8) is 0 Å². The number of methoxy groups -OCH3 is 1. The number of amides is 1. The molecule has 0 aliphatic heterocycles. The van der Waals surface area contributed by atoms with Gasteiger partial charge in [-0.25, -0.2) is 9.78 Å². The third-order valence-corrected chi connectivity index (χ3v) is 6.13. The Hall–Kier alpha value is -3.46. The molecule has 0 saturated heterocycles. The number of hydrogen-bond acceptors (Lipinski definition) is 6. The predicted molar refractivity (Wildman–Crippen MR) is 148 cm³/mol. The van der Waals surface area contributed by atoms with Gasteiger partial charge in [0.1, 0.15) is 0 Å². The molecule has 8 heteroatoms. The highest BCUT2D eigenvalue weighted by molar-refractivity contribution is 5.65. The minimum Gasteiger partial charge on any atom is -0.481 e. The van der Waals surface area contributed by atoms with Crippen LogP contribution in [-0.4, -0.2) is 58.9 Å². The lowest BCUT2D eigenvalue weighted by Crippen LogP contribution is -2.47. The topological polar surface area (TPSA) is 113 Å². The van der Waals surface area contributed by atoms with Gasteiger partial charge < -0.3 is 25.0 Å². The van der Waals surface area contributed by atoms with Crippen molar-refractivity contribution < 1.29 is 24.5 Å². The first-order valence-corrected chi connectivity index (χ1v) is 12.8. The third kappa shape index (κ3) is 9.78. The van der Waals surface area contributed by atoms with Crippen LogP contribution in [0.1, 0.15) is 38.3 Å². The Labute approximate surface area is 225 Å². The smallest absolute Gasteiger partial charge is 0.404 e. The molecule has 0 radical (unpaired) electrons. The fraction of sp³-hybridized carbons (Fsp3) is 0.400. The summed E-state index contributed by atoms with van der Waals surface area (Å²) >= 11 is 0. The van der Waals surface area contributed by atoms with Crippen LogP contribution >= 0.6 is 0 Å². The molecule has 0 unspecified atom stereocenters. The van der Waals surface area contributed by atoms with Crippen molar-refractivity contribution in [1.29, 1.82) is 0 Å². The van der Waals surface area contributed by atoms with Crippen LogP contribution in [0.15, 0.2) is 72.8 Å². The average molecular weight is 522 g/mol. The van der Waals surface area contributed by atoms with E-state index in [-0.39, 0.29) is 24.8 Å². The van der Waals surface area contributed by atoms with Crippen molar-refractivity contribution in [3.8, 4) is 17.1 Å². The molecule has 3 aromatic rings. The summed E-state index contributed by atoms with van der Waals surface area (Å²) in [5, 5.41) is 26.6. The van der Waals surface area contributed by atoms with Gasteiger partial charge in [-0.3, -0.25) is 5.32 Å². The monoisotopic (exact) mass is 521 g/mol. The van der Waals surface area contributed by atoms with Crippen molar-refractivity contribution in [3.05, 3.63) is 83.9 Å². The van der Waals surface area contributed by atoms with E-state index in [0.29, 0.717) is 18.7 Å². The van der Waals surface area contributed by atoms with Crippen LogP contribution in [0.3, 0.4) is 0 Å². The average Bonchev–Trinajstić information content (AvgIpc) is 2.88. The van der Waals surface area contributed by atoms with E-state index >= 15 is 0 Å². The maximum Gasteiger partial charge on any atom is 0.404 e. The first kappa shape index (κ1) is 29.1. The maximum atomic E-state index is 11.6. The second kappa shape index (κ2) is 13.9. The number of pyridine rings is 1. The maximum absolute atomic E-state index is 11.6. The van der Waals surface area contributed by atoms with Crippen LogP contribution in [0.4, 0.5) is 4.79 Å². The quantitative estimate of drug-likeness (QED) is 0.242. The van der Waals surface area contributed by atoms with Crippen LogP contribution in [0.25, 0.3) is 11.3 Å². The number of benzene rings is 2. The largest absolute Gasteiger partial charge is 0.481 e. The van der Waals surface area contributed by atoms with Crippen molar-refractivity contribution >= 4 is 6.09 Å². The van der Waals surface area contributed by atoms with Crippen molar-refractivity contribution in [2.24, 2.45) is 0 Å². The Balaban J connectivity index is 1.70. The Morgan fingerprint density at radius 2 is 1.63 bits per heavy atom. The zero-order chi connectivity index (χ0) is 27.5. The van der Waals surface area contributed by atoms with Gasteiger partial charge in [-0.2, -0.15) is 0 Å². The number of rotatable bonds is 13. The van der Waals surface area contributed by atoms with E-state index in [0.717, 1.165) is 22.4 Å². The van der Waals surface area contributed by atoms with Crippen LogP contribution in [-0.2, 0) is 17.6 Å². The van der Waals surface area contributed by atoms with Gasteiger partial charge in [-0.05, 0) is 57.2 Å². The summed E-state index contributed by atoms with van der Waals surface area (Å²) in [4.78, 5) is 16.0. The molecule has 1 amide bonds. The van der Waals surface area contributed by atoms with E-state index in [9.17, 15) is 15.0 Å². The highest BCUT2D eigenvalue weighted by Gasteiger charge is 2.25. The molecule has 8 nitrogen and oxygen atoms in total. The second-order valence-corrected chi connectivity index (χ2v) is 10.3. The van der Waals surface area contributed by atoms with E-state index < -0.39 is 18.2 Å². The first-order valence-electron chi connectivity index (χ1n) is 12.8.